The molecule has 0 unspecified atom stereocenters. The highest BCUT2D eigenvalue weighted by molar-refractivity contribution is 6.31. The van der Waals surface area contributed by atoms with E-state index in [-0.39, 0.29) is 10.9 Å². The third kappa shape index (κ3) is 3.21. The van der Waals surface area contributed by atoms with Crippen LogP contribution in [0.5, 0.6) is 0 Å². The highest BCUT2D eigenvalue weighted by Crippen LogP contribution is 2.19. The van der Waals surface area contributed by atoms with Crippen LogP contribution >= 0.6 is 11.6 Å². The van der Waals surface area contributed by atoms with Gasteiger partial charge in [0.15, 0.2) is 0 Å². The highest BCUT2D eigenvalue weighted by atomic mass is 35.5. The number of carbonyl (C=O) groups excluding carboxylic acids is 1. The Morgan fingerprint density at radius 3 is 2.89 bits per heavy atom. The minimum absolute atomic E-state index is 0.0391. The van der Waals surface area contributed by atoms with Gasteiger partial charge in [0.25, 0.3) is 0 Å². The van der Waals surface area contributed by atoms with Crippen molar-refractivity contribution in [2.45, 2.75) is 0 Å². The van der Waals surface area contributed by atoms with E-state index in [0.29, 0.717) is 11.4 Å². The van der Waals surface area contributed by atoms with Gasteiger partial charge in [0, 0.05) is 11.8 Å². The summed E-state index contributed by atoms with van der Waals surface area (Å²) in [6.07, 6.45) is 4.36. The van der Waals surface area contributed by atoms with E-state index in [1.807, 2.05) is 0 Å². The molecule has 1 amide bonds. The third-order valence-corrected chi connectivity index (χ3v) is 2.42. The molecule has 2 aromatic rings. The van der Waals surface area contributed by atoms with Gasteiger partial charge in [-0.15, -0.1) is 0 Å². The van der Waals surface area contributed by atoms with Crippen molar-refractivity contribution < 1.29 is 13.6 Å². The Morgan fingerprint density at radius 2 is 2.22 bits per heavy atom. The van der Waals surface area contributed by atoms with Crippen molar-refractivity contribution in [3.8, 4) is 0 Å². The van der Waals surface area contributed by atoms with E-state index in [2.05, 4.69) is 5.32 Å². The summed E-state index contributed by atoms with van der Waals surface area (Å²) >= 11 is 5.60. The van der Waals surface area contributed by atoms with Crippen molar-refractivity contribution in [1.29, 1.82) is 0 Å². The van der Waals surface area contributed by atoms with Gasteiger partial charge in [0.2, 0.25) is 5.91 Å². The fourth-order valence-electron chi connectivity index (χ4n) is 1.30. The van der Waals surface area contributed by atoms with Gasteiger partial charge in [-0.25, -0.2) is 4.39 Å². The summed E-state index contributed by atoms with van der Waals surface area (Å²) in [5.74, 6) is -0.308. The second-order valence-electron chi connectivity index (χ2n) is 3.47. The van der Waals surface area contributed by atoms with Crippen molar-refractivity contribution in [2.75, 3.05) is 5.32 Å². The van der Waals surface area contributed by atoms with Crippen molar-refractivity contribution in [1.82, 2.24) is 0 Å². The number of anilines is 1. The van der Waals surface area contributed by atoms with Crippen molar-refractivity contribution in [3.63, 3.8) is 0 Å². The quantitative estimate of drug-likeness (QED) is 0.860. The molecule has 92 valence electrons. The van der Waals surface area contributed by atoms with Gasteiger partial charge in [0.1, 0.15) is 11.6 Å². The summed E-state index contributed by atoms with van der Waals surface area (Å²) in [4.78, 5) is 11.5. The first-order chi connectivity index (χ1) is 8.65. The van der Waals surface area contributed by atoms with E-state index in [4.69, 9.17) is 16.0 Å². The summed E-state index contributed by atoms with van der Waals surface area (Å²) < 4.78 is 17.9. The van der Waals surface area contributed by atoms with Crippen molar-refractivity contribution in [2.24, 2.45) is 0 Å². The van der Waals surface area contributed by atoms with E-state index in [0.717, 1.165) is 0 Å². The van der Waals surface area contributed by atoms with Crippen molar-refractivity contribution in [3.05, 3.63) is 59.3 Å². The first-order valence-corrected chi connectivity index (χ1v) is 5.50. The maximum Gasteiger partial charge on any atom is 0.248 e. The van der Waals surface area contributed by atoms with Crippen LogP contribution in [0.25, 0.3) is 6.08 Å². The number of carbonyl (C=O) groups is 1. The molecule has 1 aromatic carbocycles. The van der Waals surface area contributed by atoms with Crippen LogP contribution in [-0.2, 0) is 4.79 Å². The Kier molecular flexibility index (Phi) is 3.79. The normalized spacial score (nSPS) is 10.8. The second-order valence-corrected chi connectivity index (χ2v) is 3.87. The number of hydrogen-bond donors (Lipinski definition) is 1. The second kappa shape index (κ2) is 5.51. The molecule has 1 aromatic heterocycles. The zero-order chi connectivity index (χ0) is 13.0. The molecule has 3 nitrogen and oxygen atoms in total. The minimum Gasteiger partial charge on any atom is -0.465 e. The van der Waals surface area contributed by atoms with Crippen LogP contribution in [0.15, 0.2) is 47.1 Å². The van der Waals surface area contributed by atoms with Crippen LogP contribution in [0.3, 0.4) is 0 Å². The molecule has 0 bridgehead atoms. The lowest BCUT2D eigenvalue weighted by atomic mass is 10.3. The standard InChI is InChI=1S/C13H9ClFNO2/c14-11-8-9(3-5-12(11)15)16-13(17)6-4-10-2-1-7-18-10/h1-8H,(H,16,17)/b6-4+. The molecule has 0 spiro atoms. The lowest BCUT2D eigenvalue weighted by molar-refractivity contribution is -0.111. The lowest BCUT2D eigenvalue weighted by Gasteiger charge is -2.02. The highest BCUT2D eigenvalue weighted by Gasteiger charge is 2.02. The molecule has 0 saturated heterocycles. The zero-order valence-electron chi connectivity index (χ0n) is 9.19. The predicted octanol–water partition coefficient (Wildman–Crippen LogP) is 3.72. The molecule has 1 N–H and O–H groups in total. The monoisotopic (exact) mass is 265 g/mol. The molecule has 1 heterocycles. The van der Waals surface area contributed by atoms with Gasteiger partial charge >= 0.3 is 0 Å². The number of amides is 1. The molecule has 0 aliphatic rings. The third-order valence-electron chi connectivity index (χ3n) is 2.13. The van der Waals surface area contributed by atoms with E-state index in [9.17, 15) is 9.18 Å². The number of nitrogens with one attached hydrogen (secondary N) is 1. The number of hydrogen-bond acceptors (Lipinski definition) is 2. The fourth-order valence-corrected chi connectivity index (χ4v) is 1.48. The average molecular weight is 266 g/mol. The van der Waals surface area contributed by atoms with Gasteiger partial charge in [-0.3, -0.25) is 4.79 Å². The molecule has 0 aliphatic heterocycles. The summed E-state index contributed by atoms with van der Waals surface area (Å²) in [7, 11) is 0. The Balaban J connectivity index is 2.01. The maximum atomic E-state index is 12.9. The van der Waals surface area contributed by atoms with Crippen LogP contribution in [0.2, 0.25) is 5.02 Å². The van der Waals surface area contributed by atoms with Crippen LogP contribution in [0.1, 0.15) is 5.76 Å². The van der Waals surface area contributed by atoms with Gasteiger partial charge in [-0.1, -0.05) is 11.6 Å². The first-order valence-electron chi connectivity index (χ1n) is 5.13. The molecule has 18 heavy (non-hydrogen) atoms. The van der Waals surface area contributed by atoms with E-state index >= 15 is 0 Å². The Bertz CT molecular complexity index is 579. The topological polar surface area (TPSA) is 42.2 Å². The lowest BCUT2D eigenvalue weighted by Crippen LogP contribution is -2.07. The van der Waals surface area contributed by atoms with Crippen molar-refractivity contribution >= 4 is 29.3 Å². The largest absolute Gasteiger partial charge is 0.465 e. The van der Waals surface area contributed by atoms with Crippen LogP contribution < -0.4 is 5.32 Å². The Labute approximate surface area is 108 Å². The summed E-state index contributed by atoms with van der Waals surface area (Å²) in [6, 6.07) is 7.40. The Morgan fingerprint density at radius 1 is 1.39 bits per heavy atom. The van der Waals surface area contributed by atoms with E-state index < -0.39 is 5.82 Å². The molecule has 5 heteroatoms. The van der Waals surface area contributed by atoms with Crippen LogP contribution in [-0.4, -0.2) is 5.91 Å². The summed E-state index contributed by atoms with van der Waals surface area (Å²) in [6.45, 7) is 0. The van der Waals surface area contributed by atoms with E-state index in [1.165, 1.54) is 36.6 Å². The SMILES string of the molecule is O=C(/C=C/c1ccco1)Nc1ccc(F)c(Cl)c1. The maximum absolute atomic E-state index is 12.9. The van der Waals surface area contributed by atoms with E-state index in [1.54, 1.807) is 12.1 Å². The Hall–Kier alpha value is -2.07. The molecule has 0 radical (unpaired) electrons. The smallest absolute Gasteiger partial charge is 0.248 e. The number of halogens is 2. The van der Waals surface area contributed by atoms with Gasteiger partial charge in [0.05, 0.1) is 11.3 Å². The molecule has 0 atom stereocenters. The molecule has 2 rings (SSSR count). The number of benzene rings is 1. The summed E-state index contributed by atoms with van der Waals surface area (Å²) in [5.41, 5.74) is 0.426. The number of furan rings is 1. The van der Waals surface area contributed by atoms with Gasteiger partial charge in [-0.05, 0) is 36.4 Å². The summed E-state index contributed by atoms with van der Waals surface area (Å²) in [5, 5.41) is 2.51. The zero-order valence-corrected chi connectivity index (χ0v) is 9.95. The molecule has 0 aliphatic carbocycles. The number of rotatable bonds is 3. The van der Waals surface area contributed by atoms with Crippen LogP contribution in [0, 0.1) is 5.82 Å². The van der Waals surface area contributed by atoms with Gasteiger partial charge in [-0.2, -0.15) is 0 Å². The van der Waals surface area contributed by atoms with Gasteiger partial charge < -0.3 is 9.73 Å². The molecule has 0 fully saturated rings. The first kappa shape index (κ1) is 12.4. The average Bonchev–Trinajstić information content (AvgIpc) is 2.84. The molecule has 0 saturated carbocycles. The van der Waals surface area contributed by atoms with Crippen LogP contribution in [0.4, 0.5) is 10.1 Å². The fraction of sp³-hybridized carbons (Fsp3) is 0. The molecular formula is C13H9ClFNO2. The molecular weight excluding hydrogens is 257 g/mol. The predicted molar refractivity (Wildman–Crippen MR) is 67.8 cm³/mol. The minimum atomic E-state index is -0.527.